The zero-order valence-corrected chi connectivity index (χ0v) is 18.0. The van der Waals surface area contributed by atoms with Gasteiger partial charge < -0.3 is 10.5 Å². The van der Waals surface area contributed by atoms with Crippen molar-refractivity contribution in [2.75, 3.05) is 0 Å². The minimum Gasteiger partial charge on any atom is -0.375 e. The van der Waals surface area contributed by atoms with Gasteiger partial charge >= 0.3 is 6.18 Å². The van der Waals surface area contributed by atoms with E-state index < -0.39 is 18.2 Å². The number of aryl methyl sites for hydroxylation is 1. The Morgan fingerprint density at radius 3 is 2.66 bits per heavy atom. The first kappa shape index (κ1) is 22.0. The van der Waals surface area contributed by atoms with E-state index in [0.717, 1.165) is 27.2 Å². The Kier molecular flexibility index (Phi) is 5.54. The minimum absolute atomic E-state index is 0.202. The first-order valence-electron chi connectivity index (χ1n) is 9.70. The highest BCUT2D eigenvalue weighted by atomic mass is 32.1. The summed E-state index contributed by atoms with van der Waals surface area (Å²) in [5, 5.41) is 24.5. The predicted molar refractivity (Wildman–Crippen MR) is 113 cm³/mol. The highest BCUT2D eigenvalue weighted by Gasteiger charge is 2.56. The Labute approximate surface area is 185 Å². The highest BCUT2D eigenvalue weighted by Crippen LogP contribution is 2.38. The average Bonchev–Trinajstić information content (AvgIpc) is 3.40. The first-order chi connectivity index (χ1) is 15.1. The third-order valence-corrected chi connectivity index (χ3v) is 6.06. The number of rotatable bonds is 5. The molecule has 0 fully saturated rings. The molecule has 3 heterocycles. The Morgan fingerprint density at radius 2 is 2.03 bits per heavy atom. The lowest BCUT2D eigenvalue weighted by atomic mass is 9.96. The van der Waals surface area contributed by atoms with Crippen molar-refractivity contribution >= 4 is 22.2 Å². The Morgan fingerprint density at radius 1 is 1.25 bits per heavy atom. The number of nitrogens with one attached hydrogen (secondary N) is 2. The Balaban J connectivity index is 1.66. The largest absolute Gasteiger partial charge is 0.422 e. The van der Waals surface area contributed by atoms with Crippen LogP contribution in [0.15, 0.2) is 41.5 Å². The lowest BCUT2D eigenvalue weighted by Crippen LogP contribution is -2.50. The van der Waals surface area contributed by atoms with Crippen LogP contribution in [0.1, 0.15) is 29.6 Å². The van der Waals surface area contributed by atoms with Gasteiger partial charge in [0.15, 0.2) is 0 Å². The molecule has 32 heavy (non-hydrogen) atoms. The number of nitriles is 1. The molecule has 0 saturated carbocycles. The van der Waals surface area contributed by atoms with E-state index in [-0.39, 0.29) is 17.9 Å². The van der Waals surface area contributed by atoms with Gasteiger partial charge in [-0.15, -0.1) is 16.9 Å². The fraction of sp³-hybridized carbons (Fsp3) is 0.286. The van der Waals surface area contributed by atoms with Gasteiger partial charge in [-0.3, -0.25) is 5.01 Å². The van der Waals surface area contributed by atoms with E-state index in [0.29, 0.717) is 5.52 Å². The summed E-state index contributed by atoms with van der Waals surface area (Å²) in [5.41, 5.74) is 4.83. The van der Waals surface area contributed by atoms with Crippen LogP contribution in [0.25, 0.3) is 22.2 Å². The topological polar surface area (TPSA) is 97.1 Å². The summed E-state index contributed by atoms with van der Waals surface area (Å²) in [4.78, 5) is 8.88. The Hall–Kier alpha value is -3.20. The number of alkyl halides is 3. The number of pyridine rings is 1. The molecule has 2 aromatic heterocycles. The zero-order valence-electron chi connectivity index (χ0n) is 17.2. The van der Waals surface area contributed by atoms with Gasteiger partial charge in [-0.2, -0.15) is 18.4 Å². The van der Waals surface area contributed by atoms with Crippen LogP contribution in [-0.2, 0) is 6.54 Å². The fourth-order valence-corrected chi connectivity index (χ4v) is 4.13. The second kappa shape index (κ2) is 8.05. The summed E-state index contributed by atoms with van der Waals surface area (Å²) in [6.45, 7) is 3.37. The van der Waals surface area contributed by atoms with Crippen molar-refractivity contribution in [3.63, 3.8) is 0 Å². The third kappa shape index (κ3) is 3.88. The lowest BCUT2D eigenvalue weighted by Gasteiger charge is -2.29. The molecule has 1 atom stereocenters. The van der Waals surface area contributed by atoms with E-state index in [4.69, 9.17) is 0 Å². The first-order valence-corrected chi connectivity index (χ1v) is 10.6. The van der Waals surface area contributed by atoms with Gasteiger partial charge in [0.2, 0.25) is 5.60 Å². The number of aliphatic hydroxyl groups is 1. The van der Waals surface area contributed by atoms with Crippen LogP contribution in [-0.4, -0.2) is 31.9 Å². The maximum Gasteiger partial charge on any atom is 0.422 e. The number of fused-ring (bicyclic) bond motifs is 1. The monoisotopic (exact) mass is 460 g/mol. The molecule has 7 nitrogen and oxygen atoms in total. The number of benzene rings is 1. The summed E-state index contributed by atoms with van der Waals surface area (Å²) in [5.74, 6) is 0. The molecule has 1 aliphatic heterocycles. The molecule has 0 bridgehead atoms. The lowest BCUT2D eigenvalue weighted by molar-refractivity contribution is -0.246. The van der Waals surface area contributed by atoms with Crippen molar-refractivity contribution in [1.82, 2.24) is 25.9 Å². The molecule has 1 unspecified atom stereocenters. The molecule has 3 N–H and O–H groups in total. The van der Waals surface area contributed by atoms with Gasteiger partial charge in [-0.1, -0.05) is 19.1 Å². The standard InChI is InChI=1S/C21H19F3N6OS/c1-3-20(31,21(22,23)24)19-10-30(29-28-19)9-13-4-5-15-16(18-11-32-12(2)26-18)7-14(8-25)27-17(15)6-13/h4-7,10-11,28-29,31H,3,9H2,1-2H3. The second-order valence-electron chi connectivity index (χ2n) is 7.39. The smallest absolute Gasteiger partial charge is 0.375 e. The summed E-state index contributed by atoms with van der Waals surface area (Å²) in [7, 11) is 0. The molecule has 1 aromatic carbocycles. The van der Waals surface area contributed by atoms with Gasteiger partial charge in [-0.05, 0) is 31.0 Å². The molecule has 166 valence electrons. The summed E-state index contributed by atoms with van der Waals surface area (Å²) in [6, 6.07) is 9.23. The van der Waals surface area contributed by atoms with Crippen LogP contribution in [0.2, 0.25) is 0 Å². The van der Waals surface area contributed by atoms with E-state index in [1.165, 1.54) is 29.5 Å². The van der Waals surface area contributed by atoms with Crippen LogP contribution in [0.3, 0.4) is 0 Å². The van der Waals surface area contributed by atoms with Gasteiger partial charge in [-0.25, -0.2) is 9.97 Å². The summed E-state index contributed by atoms with van der Waals surface area (Å²) in [6.07, 6.45) is -4.15. The van der Waals surface area contributed by atoms with Crippen molar-refractivity contribution in [2.24, 2.45) is 0 Å². The van der Waals surface area contributed by atoms with Crippen LogP contribution in [0.5, 0.6) is 0 Å². The van der Waals surface area contributed by atoms with Crippen molar-refractivity contribution in [1.29, 1.82) is 5.26 Å². The highest BCUT2D eigenvalue weighted by molar-refractivity contribution is 7.09. The molecule has 0 spiro atoms. The van der Waals surface area contributed by atoms with Gasteiger partial charge in [0.05, 0.1) is 28.5 Å². The Bertz CT molecular complexity index is 1250. The van der Waals surface area contributed by atoms with Gasteiger partial charge in [0.1, 0.15) is 11.8 Å². The van der Waals surface area contributed by atoms with E-state index in [2.05, 4.69) is 27.0 Å². The molecule has 1 aliphatic rings. The molecular formula is C21H19F3N6OS. The van der Waals surface area contributed by atoms with E-state index in [1.807, 2.05) is 24.4 Å². The van der Waals surface area contributed by atoms with E-state index in [1.54, 1.807) is 12.1 Å². The molecule has 0 aliphatic carbocycles. The number of hydrogen-bond acceptors (Lipinski definition) is 8. The molecule has 0 radical (unpaired) electrons. The normalized spacial score (nSPS) is 15.9. The van der Waals surface area contributed by atoms with Crippen LogP contribution in [0.4, 0.5) is 13.2 Å². The molecule has 4 rings (SSSR count). The van der Waals surface area contributed by atoms with Crippen LogP contribution < -0.4 is 11.0 Å². The number of nitrogens with zero attached hydrogens (tertiary/aromatic N) is 4. The second-order valence-corrected chi connectivity index (χ2v) is 8.45. The number of halogens is 3. The van der Waals surface area contributed by atoms with Crippen LogP contribution >= 0.6 is 11.3 Å². The molecule has 3 aromatic rings. The number of aromatic nitrogens is 2. The van der Waals surface area contributed by atoms with Crippen molar-refractivity contribution in [3.05, 3.63) is 57.8 Å². The van der Waals surface area contributed by atoms with Crippen LogP contribution in [0, 0.1) is 18.3 Å². The van der Waals surface area contributed by atoms with Crippen molar-refractivity contribution in [3.8, 4) is 17.3 Å². The summed E-state index contributed by atoms with van der Waals surface area (Å²) >= 11 is 1.51. The van der Waals surface area contributed by atoms with Crippen molar-refractivity contribution < 1.29 is 18.3 Å². The molecule has 11 heteroatoms. The fourth-order valence-electron chi connectivity index (χ4n) is 3.52. The maximum atomic E-state index is 13.3. The quantitative estimate of drug-likeness (QED) is 0.531. The number of hydrazine groups is 2. The molecular weight excluding hydrogens is 441 g/mol. The summed E-state index contributed by atoms with van der Waals surface area (Å²) < 4.78 is 40.0. The molecule has 0 amide bonds. The average molecular weight is 460 g/mol. The number of hydrogen-bond donors (Lipinski definition) is 3. The SMILES string of the molecule is CCC(O)(C1=CN(Cc2ccc3c(-c4csc(C)n4)cc(C#N)nc3c2)NN1)C(F)(F)F. The van der Waals surface area contributed by atoms with Gasteiger partial charge in [0, 0.05) is 22.5 Å². The van der Waals surface area contributed by atoms with Crippen molar-refractivity contribution in [2.45, 2.75) is 38.6 Å². The van der Waals surface area contributed by atoms with E-state index >= 15 is 0 Å². The van der Waals surface area contributed by atoms with Gasteiger partial charge in [0.25, 0.3) is 0 Å². The third-order valence-electron chi connectivity index (χ3n) is 5.28. The van der Waals surface area contributed by atoms with E-state index in [9.17, 15) is 23.5 Å². The molecule has 0 saturated heterocycles. The maximum absolute atomic E-state index is 13.3. The minimum atomic E-state index is -4.82. The zero-order chi connectivity index (χ0) is 23.1. The predicted octanol–water partition coefficient (Wildman–Crippen LogP) is 3.91. The number of thiazole rings is 1.